The summed E-state index contributed by atoms with van der Waals surface area (Å²) in [6.07, 6.45) is 5.16. The van der Waals surface area contributed by atoms with E-state index in [-0.39, 0.29) is 0 Å². The van der Waals surface area contributed by atoms with Gasteiger partial charge in [0.25, 0.3) is 0 Å². The fourth-order valence-corrected chi connectivity index (χ4v) is 2.73. The lowest BCUT2D eigenvalue weighted by atomic mass is 10.1. The smallest absolute Gasteiger partial charge is 0.194 e. The van der Waals surface area contributed by atoms with Crippen molar-refractivity contribution < 1.29 is 5.11 Å². The molecule has 1 aromatic heterocycles. The Labute approximate surface area is 76.3 Å². The molecule has 0 atom stereocenters. The van der Waals surface area contributed by atoms with Crippen LogP contribution in [0.25, 0.3) is 0 Å². The molecule has 1 saturated carbocycles. The van der Waals surface area contributed by atoms with E-state index in [4.69, 9.17) is 0 Å². The molecule has 1 N–H and O–H groups in total. The first-order valence-corrected chi connectivity index (χ1v) is 5.25. The maximum atomic E-state index is 9.36. The highest BCUT2D eigenvalue weighted by Gasteiger charge is 2.21. The van der Waals surface area contributed by atoms with Crippen molar-refractivity contribution in [2.45, 2.75) is 38.5 Å². The molecule has 0 unspecified atom stereocenters. The van der Waals surface area contributed by atoms with Gasteiger partial charge in [0, 0.05) is 5.92 Å². The van der Waals surface area contributed by atoms with E-state index in [1.54, 1.807) is 0 Å². The number of hydrogen-bond acceptors (Lipinski definition) is 3. The van der Waals surface area contributed by atoms with E-state index in [0.29, 0.717) is 11.0 Å². The van der Waals surface area contributed by atoms with Crippen LogP contribution in [0.1, 0.15) is 42.3 Å². The number of aryl methyl sites for hydroxylation is 1. The molecule has 1 aromatic rings. The Bertz CT molecular complexity index is 257. The lowest BCUT2D eigenvalue weighted by Gasteiger charge is -2.01. The van der Waals surface area contributed by atoms with Gasteiger partial charge in [-0.3, -0.25) is 0 Å². The Balaban J connectivity index is 2.21. The van der Waals surface area contributed by atoms with E-state index in [1.807, 2.05) is 6.92 Å². The van der Waals surface area contributed by atoms with Crippen molar-refractivity contribution in [1.82, 2.24) is 4.98 Å². The first-order chi connectivity index (χ1) is 5.77. The Morgan fingerprint density at radius 3 is 2.58 bits per heavy atom. The minimum Gasteiger partial charge on any atom is -0.498 e. The first-order valence-electron chi connectivity index (χ1n) is 4.43. The van der Waals surface area contributed by atoms with Crippen molar-refractivity contribution >= 4 is 11.3 Å². The van der Waals surface area contributed by atoms with Crippen LogP contribution in [0.3, 0.4) is 0 Å². The highest BCUT2D eigenvalue weighted by atomic mass is 32.1. The molecule has 3 heteroatoms. The van der Waals surface area contributed by atoms with E-state index in [2.05, 4.69) is 4.98 Å². The van der Waals surface area contributed by atoms with Crippen LogP contribution < -0.4 is 0 Å². The van der Waals surface area contributed by atoms with Crippen molar-refractivity contribution in [3.63, 3.8) is 0 Å². The van der Waals surface area contributed by atoms with Crippen molar-refractivity contribution in [1.29, 1.82) is 0 Å². The summed E-state index contributed by atoms with van der Waals surface area (Å²) in [5.41, 5.74) is 0.793. The van der Waals surface area contributed by atoms with Crippen LogP contribution in [0.4, 0.5) is 0 Å². The van der Waals surface area contributed by atoms with Gasteiger partial charge in [-0.25, -0.2) is 4.98 Å². The Morgan fingerprint density at radius 2 is 2.08 bits per heavy atom. The summed E-state index contributed by atoms with van der Waals surface area (Å²) in [6.45, 7) is 1.87. The van der Waals surface area contributed by atoms with Crippen LogP contribution in [0, 0.1) is 6.92 Å². The number of aromatic nitrogens is 1. The second kappa shape index (κ2) is 3.05. The summed E-state index contributed by atoms with van der Waals surface area (Å²) in [7, 11) is 0. The summed E-state index contributed by atoms with van der Waals surface area (Å²) in [4.78, 5) is 4.36. The van der Waals surface area contributed by atoms with Crippen molar-refractivity contribution in [3.8, 4) is 5.06 Å². The van der Waals surface area contributed by atoms with E-state index in [1.165, 1.54) is 37.0 Å². The monoisotopic (exact) mass is 183 g/mol. The minimum absolute atomic E-state index is 0.400. The number of thiazole rings is 1. The van der Waals surface area contributed by atoms with E-state index < -0.39 is 0 Å². The molecular formula is C9H13NOS. The second-order valence-corrected chi connectivity index (χ2v) is 4.43. The lowest BCUT2D eigenvalue weighted by molar-refractivity contribution is 0.485. The SMILES string of the molecule is Cc1nc(C2CCCC2)sc1O. The molecule has 66 valence electrons. The molecular weight excluding hydrogens is 170 g/mol. The van der Waals surface area contributed by atoms with Gasteiger partial charge < -0.3 is 5.11 Å². The quantitative estimate of drug-likeness (QED) is 0.726. The molecule has 1 heterocycles. The van der Waals surface area contributed by atoms with Gasteiger partial charge in [-0.2, -0.15) is 0 Å². The molecule has 0 radical (unpaired) electrons. The Morgan fingerprint density at radius 1 is 1.42 bits per heavy atom. The molecule has 0 aliphatic heterocycles. The van der Waals surface area contributed by atoms with Crippen molar-refractivity contribution in [2.75, 3.05) is 0 Å². The third-order valence-corrected chi connectivity index (χ3v) is 3.62. The highest BCUT2D eigenvalue weighted by molar-refractivity contribution is 7.13. The molecule has 1 fully saturated rings. The number of rotatable bonds is 1. The van der Waals surface area contributed by atoms with Gasteiger partial charge in [0.1, 0.15) is 0 Å². The van der Waals surface area contributed by atoms with Crippen LogP contribution in [0.5, 0.6) is 5.06 Å². The predicted octanol–water partition coefficient (Wildman–Crippen LogP) is 2.81. The molecule has 1 aliphatic rings. The zero-order valence-corrected chi connectivity index (χ0v) is 8.02. The normalized spacial score (nSPS) is 18.8. The van der Waals surface area contributed by atoms with Gasteiger partial charge in [-0.1, -0.05) is 24.2 Å². The third-order valence-electron chi connectivity index (χ3n) is 2.49. The molecule has 1 aliphatic carbocycles. The first kappa shape index (κ1) is 8.05. The summed E-state index contributed by atoms with van der Waals surface area (Å²) in [5, 5.41) is 10.9. The van der Waals surface area contributed by atoms with Crippen molar-refractivity contribution in [2.24, 2.45) is 0 Å². The van der Waals surface area contributed by atoms with Gasteiger partial charge in [0.05, 0.1) is 10.7 Å². The maximum Gasteiger partial charge on any atom is 0.194 e. The molecule has 2 rings (SSSR count). The highest BCUT2D eigenvalue weighted by Crippen LogP contribution is 2.38. The average molecular weight is 183 g/mol. The van der Waals surface area contributed by atoms with E-state index in [9.17, 15) is 5.11 Å². The number of hydrogen-bond donors (Lipinski definition) is 1. The van der Waals surface area contributed by atoms with Crippen LogP contribution in [-0.2, 0) is 0 Å². The zero-order chi connectivity index (χ0) is 8.55. The van der Waals surface area contributed by atoms with Gasteiger partial charge in [0.15, 0.2) is 5.06 Å². The standard InChI is InChI=1S/C9H13NOS/c1-6-9(11)12-8(10-6)7-4-2-3-5-7/h7,11H,2-5H2,1H3. The number of nitrogens with zero attached hydrogens (tertiary/aromatic N) is 1. The Kier molecular flexibility index (Phi) is 2.05. The summed E-state index contributed by atoms with van der Waals surface area (Å²) >= 11 is 1.46. The summed E-state index contributed by atoms with van der Waals surface area (Å²) in [5.74, 6) is 0.634. The summed E-state index contributed by atoms with van der Waals surface area (Å²) in [6, 6.07) is 0. The predicted molar refractivity (Wildman–Crippen MR) is 49.7 cm³/mol. The number of aromatic hydroxyl groups is 1. The van der Waals surface area contributed by atoms with Gasteiger partial charge in [-0.15, -0.1) is 0 Å². The maximum absolute atomic E-state index is 9.36. The van der Waals surface area contributed by atoms with Crippen LogP contribution in [-0.4, -0.2) is 10.1 Å². The minimum atomic E-state index is 0.400. The van der Waals surface area contributed by atoms with Gasteiger partial charge in [0.2, 0.25) is 0 Å². The molecule has 0 bridgehead atoms. The fraction of sp³-hybridized carbons (Fsp3) is 0.667. The molecule has 0 saturated heterocycles. The molecule has 0 amide bonds. The van der Waals surface area contributed by atoms with Crippen LogP contribution in [0.15, 0.2) is 0 Å². The lowest BCUT2D eigenvalue weighted by Crippen LogP contribution is -1.90. The molecule has 12 heavy (non-hydrogen) atoms. The van der Waals surface area contributed by atoms with Crippen LogP contribution >= 0.6 is 11.3 Å². The van der Waals surface area contributed by atoms with Crippen LogP contribution in [0.2, 0.25) is 0 Å². The topological polar surface area (TPSA) is 33.1 Å². The van der Waals surface area contributed by atoms with Gasteiger partial charge in [-0.05, 0) is 19.8 Å². The Hall–Kier alpha value is -0.570. The molecule has 0 spiro atoms. The third kappa shape index (κ3) is 1.33. The average Bonchev–Trinajstić information content (AvgIpc) is 2.61. The van der Waals surface area contributed by atoms with Crippen molar-refractivity contribution in [3.05, 3.63) is 10.7 Å². The largest absolute Gasteiger partial charge is 0.498 e. The summed E-state index contributed by atoms with van der Waals surface area (Å²) < 4.78 is 0. The molecule has 2 nitrogen and oxygen atoms in total. The van der Waals surface area contributed by atoms with E-state index in [0.717, 1.165) is 10.7 Å². The van der Waals surface area contributed by atoms with Gasteiger partial charge >= 0.3 is 0 Å². The molecule has 0 aromatic carbocycles. The fourth-order valence-electron chi connectivity index (χ4n) is 1.76. The zero-order valence-electron chi connectivity index (χ0n) is 7.21. The second-order valence-electron chi connectivity index (χ2n) is 3.42. The van der Waals surface area contributed by atoms with E-state index >= 15 is 0 Å².